The fraction of sp³-hybridized carbons (Fsp3) is 0.542. The highest BCUT2D eigenvalue weighted by Crippen LogP contribution is 2.32. The van der Waals surface area contributed by atoms with Crippen LogP contribution in [-0.4, -0.2) is 45.9 Å². The van der Waals surface area contributed by atoms with Crippen LogP contribution in [0.15, 0.2) is 24.4 Å². The average molecular weight is 439 g/mol. The van der Waals surface area contributed by atoms with Gasteiger partial charge in [-0.1, -0.05) is 26.3 Å². The molecule has 172 valence electrons. The third kappa shape index (κ3) is 5.06. The van der Waals surface area contributed by atoms with Gasteiger partial charge in [-0.25, -0.2) is 9.50 Å². The maximum atomic E-state index is 6.15. The highest BCUT2D eigenvalue weighted by molar-refractivity contribution is 5.61. The minimum atomic E-state index is 0.287. The number of aromatic nitrogens is 4. The summed E-state index contributed by atoms with van der Waals surface area (Å²) in [7, 11) is 0. The highest BCUT2D eigenvalue weighted by atomic mass is 16.5. The van der Waals surface area contributed by atoms with Crippen molar-refractivity contribution in [1.29, 1.82) is 0 Å². The predicted octanol–water partition coefficient (Wildman–Crippen LogP) is 4.26. The van der Waals surface area contributed by atoms with Crippen LogP contribution in [0, 0.1) is 0 Å². The summed E-state index contributed by atoms with van der Waals surface area (Å²) in [6, 6.07) is 6.81. The molecule has 1 aliphatic heterocycles. The summed E-state index contributed by atoms with van der Waals surface area (Å²) >= 11 is 0. The Morgan fingerprint density at radius 1 is 1.03 bits per heavy atom. The van der Waals surface area contributed by atoms with Gasteiger partial charge in [0.25, 0.3) is 0 Å². The molecule has 3 heterocycles. The fourth-order valence-corrected chi connectivity index (χ4v) is 4.02. The summed E-state index contributed by atoms with van der Waals surface area (Å²) in [5.41, 5.74) is 9.93. The lowest BCUT2D eigenvalue weighted by molar-refractivity contribution is 0.280. The Morgan fingerprint density at radius 2 is 1.88 bits per heavy atom. The summed E-state index contributed by atoms with van der Waals surface area (Å²) < 4.78 is 13.6. The number of nitrogens with zero attached hydrogens (tertiary/aromatic N) is 5. The van der Waals surface area contributed by atoms with E-state index in [4.69, 9.17) is 15.2 Å². The average Bonchev–Trinajstić information content (AvgIpc) is 3.21. The quantitative estimate of drug-likeness (QED) is 0.473. The van der Waals surface area contributed by atoms with Crippen LogP contribution >= 0.6 is 0 Å². The molecule has 0 saturated carbocycles. The van der Waals surface area contributed by atoms with Gasteiger partial charge in [-0.2, -0.15) is 4.98 Å². The number of imidazole rings is 1. The van der Waals surface area contributed by atoms with E-state index in [0.29, 0.717) is 31.1 Å². The molecule has 0 atom stereocenters. The zero-order valence-corrected chi connectivity index (χ0v) is 19.2. The van der Waals surface area contributed by atoms with E-state index in [0.717, 1.165) is 49.4 Å². The molecular weight excluding hydrogens is 404 g/mol. The van der Waals surface area contributed by atoms with E-state index in [9.17, 15) is 0 Å². The highest BCUT2D eigenvalue weighted by Gasteiger charge is 2.17. The van der Waals surface area contributed by atoms with Crippen LogP contribution in [0.1, 0.15) is 63.6 Å². The standard InChI is InChI=1S/C24H34N6O2/c1-3-5-14-32-24-27-22(25)23-26-17-19(30(23)28-24)15-18-9-10-20(21(16-18)31-13-4-2)29-11-7-6-8-12-29/h9-10,16-17H,3-8,11-15H2,1-2H3,(H2,25,27,28). The number of ether oxygens (including phenoxy) is 2. The largest absolute Gasteiger partial charge is 0.491 e. The number of piperidine rings is 1. The van der Waals surface area contributed by atoms with Crippen LogP contribution in [0.4, 0.5) is 11.5 Å². The van der Waals surface area contributed by atoms with Gasteiger partial charge in [-0.05, 0) is 49.8 Å². The summed E-state index contributed by atoms with van der Waals surface area (Å²) in [5.74, 6) is 1.28. The third-order valence-electron chi connectivity index (χ3n) is 5.74. The second-order valence-corrected chi connectivity index (χ2v) is 8.34. The number of nitrogen functional groups attached to an aromatic ring is 1. The molecule has 3 aromatic rings. The first-order valence-electron chi connectivity index (χ1n) is 11.8. The minimum Gasteiger partial charge on any atom is -0.491 e. The summed E-state index contributed by atoms with van der Waals surface area (Å²) in [6.07, 6.45) is 9.22. The van der Waals surface area contributed by atoms with Crippen molar-refractivity contribution in [2.24, 2.45) is 0 Å². The van der Waals surface area contributed by atoms with E-state index in [-0.39, 0.29) is 6.01 Å². The van der Waals surface area contributed by atoms with Gasteiger partial charge >= 0.3 is 6.01 Å². The van der Waals surface area contributed by atoms with E-state index in [1.165, 1.54) is 24.9 Å². The van der Waals surface area contributed by atoms with Gasteiger partial charge in [-0.15, -0.1) is 5.10 Å². The lowest BCUT2D eigenvalue weighted by Gasteiger charge is -2.30. The molecule has 0 radical (unpaired) electrons. The predicted molar refractivity (Wildman–Crippen MR) is 127 cm³/mol. The van der Waals surface area contributed by atoms with Gasteiger partial charge in [0, 0.05) is 19.5 Å². The van der Waals surface area contributed by atoms with Crippen molar-refractivity contribution in [1.82, 2.24) is 19.6 Å². The molecule has 0 amide bonds. The molecule has 0 unspecified atom stereocenters. The Balaban J connectivity index is 1.59. The molecule has 1 aromatic carbocycles. The molecule has 32 heavy (non-hydrogen) atoms. The molecule has 8 heteroatoms. The number of nitrogens with two attached hydrogens (primary N) is 1. The van der Waals surface area contributed by atoms with Crippen molar-refractivity contribution in [3.8, 4) is 11.8 Å². The second-order valence-electron chi connectivity index (χ2n) is 8.34. The second kappa shape index (κ2) is 10.5. The number of hydrogen-bond acceptors (Lipinski definition) is 7. The van der Waals surface area contributed by atoms with E-state index in [2.05, 4.69) is 52.0 Å². The van der Waals surface area contributed by atoms with Crippen LogP contribution in [0.2, 0.25) is 0 Å². The van der Waals surface area contributed by atoms with Crippen LogP contribution in [0.25, 0.3) is 5.65 Å². The number of unbranched alkanes of at least 4 members (excludes halogenated alkanes) is 1. The van der Waals surface area contributed by atoms with Gasteiger partial charge in [0.05, 0.1) is 30.8 Å². The number of rotatable bonds is 10. The van der Waals surface area contributed by atoms with Gasteiger partial charge in [0.2, 0.25) is 0 Å². The molecule has 0 bridgehead atoms. The Kier molecular flexibility index (Phi) is 7.29. The fourth-order valence-electron chi connectivity index (χ4n) is 4.02. The summed E-state index contributed by atoms with van der Waals surface area (Å²) in [6.45, 7) is 7.71. The van der Waals surface area contributed by atoms with Crippen molar-refractivity contribution >= 4 is 17.2 Å². The normalized spacial score (nSPS) is 14.1. The van der Waals surface area contributed by atoms with Gasteiger partial charge in [-0.3, -0.25) is 0 Å². The molecule has 0 aliphatic carbocycles. The monoisotopic (exact) mass is 438 g/mol. The van der Waals surface area contributed by atoms with Crippen molar-refractivity contribution in [2.45, 2.75) is 58.8 Å². The molecular formula is C24H34N6O2. The zero-order valence-electron chi connectivity index (χ0n) is 19.2. The topological polar surface area (TPSA) is 90.8 Å². The van der Waals surface area contributed by atoms with Gasteiger partial charge in [0.1, 0.15) is 5.75 Å². The number of benzene rings is 1. The van der Waals surface area contributed by atoms with E-state index in [1.54, 1.807) is 10.7 Å². The number of fused-ring (bicyclic) bond motifs is 1. The Labute approximate surface area is 189 Å². The van der Waals surface area contributed by atoms with Crippen molar-refractivity contribution in [3.05, 3.63) is 35.7 Å². The lowest BCUT2D eigenvalue weighted by Crippen LogP contribution is -2.29. The van der Waals surface area contributed by atoms with Crippen LogP contribution < -0.4 is 20.1 Å². The molecule has 4 rings (SSSR count). The van der Waals surface area contributed by atoms with Gasteiger partial charge < -0.3 is 20.1 Å². The maximum absolute atomic E-state index is 6.15. The van der Waals surface area contributed by atoms with Crippen molar-refractivity contribution in [2.75, 3.05) is 36.9 Å². The molecule has 1 aliphatic rings. The molecule has 8 nitrogen and oxygen atoms in total. The zero-order chi connectivity index (χ0) is 22.3. The molecule has 1 saturated heterocycles. The minimum absolute atomic E-state index is 0.287. The van der Waals surface area contributed by atoms with E-state index < -0.39 is 0 Å². The SMILES string of the molecule is CCCCOc1nc(N)c2ncc(Cc3ccc(N4CCCCC4)c(OCCC)c3)n2n1. The van der Waals surface area contributed by atoms with Crippen LogP contribution in [0.3, 0.4) is 0 Å². The van der Waals surface area contributed by atoms with Crippen molar-refractivity contribution in [3.63, 3.8) is 0 Å². The van der Waals surface area contributed by atoms with Crippen LogP contribution in [0.5, 0.6) is 11.8 Å². The molecule has 2 aromatic heterocycles. The Morgan fingerprint density at radius 3 is 2.66 bits per heavy atom. The Hall–Kier alpha value is -3.03. The lowest BCUT2D eigenvalue weighted by atomic mass is 10.1. The number of hydrogen-bond donors (Lipinski definition) is 1. The molecule has 2 N–H and O–H groups in total. The number of anilines is 2. The smallest absolute Gasteiger partial charge is 0.336 e. The first-order valence-corrected chi connectivity index (χ1v) is 11.8. The van der Waals surface area contributed by atoms with E-state index in [1.807, 2.05) is 0 Å². The Bertz CT molecular complexity index is 1030. The van der Waals surface area contributed by atoms with Crippen LogP contribution in [-0.2, 0) is 6.42 Å². The first kappa shape index (κ1) is 22.2. The maximum Gasteiger partial charge on any atom is 0.336 e. The summed E-state index contributed by atoms with van der Waals surface area (Å²) in [5, 5.41) is 4.53. The molecule has 1 fully saturated rings. The first-order chi connectivity index (χ1) is 15.7. The van der Waals surface area contributed by atoms with E-state index >= 15 is 0 Å². The van der Waals surface area contributed by atoms with Crippen molar-refractivity contribution < 1.29 is 9.47 Å². The third-order valence-corrected chi connectivity index (χ3v) is 5.74. The van der Waals surface area contributed by atoms with Gasteiger partial charge in [0.15, 0.2) is 11.5 Å². The summed E-state index contributed by atoms with van der Waals surface area (Å²) in [4.78, 5) is 11.1. The molecule has 0 spiro atoms.